The maximum atomic E-state index is 13.5. The minimum atomic E-state index is -0.329. The molecule has 0 spiro atoms. The van der Waals surface area contributed by atoms with Crippen molar-refractivity contribution in [2.75, 3.05) is 23.3 Å². The fraction of sp³-hybridized carbons (Fsp3) is 0.400. The van der Waals surface area contributed by atoms with E-state index in [1.54, 1.807) is 25.1 Å². The summed E-state index contributed by atoms with van der Waals surface area (Å²) in [5.74, 6) is 0.985. The summed E-state index contributed by atoms with van der Waals surface area (Å²) >= 11 is 0. The van der Waals surface area contributed by atoms with E-state index in [2.05, 4.69) is 25.5 Å². The molecule has 1 aliphatic rings. The van der Waals surface area contributed by atoms with Crippen LogP contribution in [-0.4, -0.2) is 39.1 Å². The van der Waals surface area contributed by atoms with Crippen LogP contribution in [0.4, 0.5) is 16.2 Å². The van der Waals surface area contributed by atoms with E-state index in [1.165, 1.54) is 22.9 Å². The maximum Gasteiger partial charge on any atom is 0.321 e. The molecule has 1 unspecified atom stereocenters. The zero-order chi connectivity index (χ0) is 20.2. The first-order chi connectivity index (χ1) is 14.1. The van der Waals surface area contributed by atoms with E-state index in [0.29, 0.717) is 23.9 Å². The van der Waals surface area contributed by atoms with E-state index in [-0.39, 0.29) is 24.0 Å². The fourth-order valence-corrected chi connectivity index (χ4v) is 3.60. The Kier molecular flexibility index (Phi) is 5.55. The minimum absolute atomic E-state index is 0.184. The molecule has 0 radical (unpaired) electrons. The average Bonchev–Trinajstić information content (AvgIpc) is 3.14. The number of hydrogen-bond acceptors (Lipinski definition) is 7. The number of rotatable bonds is 6. The second-order valence-electron chi connectivity index (χ2n) is 7.19. The highest BCUT2D eigenvalue weighted by Crippen LogP contribution is 2.23. The molecule has 0 bridgehead atoms. The molecule has 1 aliphatic heterocycles. The Bertz CT molecular complexity index is 1030. The Morgan fingerprint density at radius 2 is 2.17 bits per heavy atom. The molecule has 1 aromatic carbocycles. The number of hydrogen-bond donors (Lipinski definition) is 1. The van der Waals surface area contributed by atoms with Crippen molar-refractivity contribution in [2.45, 2.75) is 38.8 Å². The monoisotopic (exact) mass is 398 g/mol. The Morgan fingerprint density at radius 3 is 2.97 bits per heavy atom. The van der Waals surface area contributed by atoms with Crippen LogP contribution in [0, 0.1) is 12.7 Å². The molecule has 8 nitrogen and oxygen atoms in total. The molecule has 152 valence electrons. The predicted octanol–water partition coefficient (Wildman–Crippen LogP) is 2.59. The van der Waals surface area contributed by atoms with Gasteiger partial charge in [0.1, 0.15) is 11.6 Å². The van der Waals surface area contributed by atoms with Gasteiger partial charge in [-0.25, -0.2) is 9.07 Å². The quantitative estimate of drug-likeness (QED) is 0.683. The van der Waals surface area contributed by atoms with Gasteiger partial charge in [0, 0.05) is 25.2 Å². The number of nitrogens with one attached hydrogen (secondary N) is 1. The molecule has 0 saturated carbocycles. The second-order valence-corrected chi connectivity index (χ2v) is 7.19. The lowest BCUT2D eigenvalue weighted by atomic mass is 10.0. The highest BCUT2D eigenvalue weighted by molar-refractivity contribution is 5.40. The SMILES string of the molecule is Cc1noc(NCC2CCCCN2c2ccc(=O)n(Cc3cccc(F)c3)n2)n1. The zero-order valence-electron chi connectivity index (χ0n) is 16.2. The van der Waals surface area contributed by atoms with Gasteiger partial charge in [-0.05, 0) is 49.9 Å². The van der Waals surface area contributed by atoms with Crippen molar-refractivity contribution in [1.82, 2.24) is 19.9 Å². The van der Waals surface area contributed by atoms with E-state index in [1.807, 2.05) is 0 Å². The topological polar surface area (TPSA) is 89.1 Å². The Labute approximate surface area is 167 Å². The summed E-state index contributed by atoms with van der Waals surface area (Å²) in [6.45, 7) is 3.47. The van der Waals surface area contributed by atoms with Crippen LogP contribution in [0.1, 0.15) is 30.7 Å². The number of benzene rings is 1. The number of aryl methyl sites for hydroxylation is 1. The van der Waals surface area contributed by atoms with Gasteiger partial charge < -0.3 is 14.7 Å². The first-order valence-corrected chi connectivity index (χ1v) is 9.72. The van der Waals surface area contributed by atoms with Gasteiger partial charge in [0.2, 0.25) is 0 Å². The van der Waals surface area contributed by atoms with Crippen LogP contribution in [-0.2, 0) is 6.54 Å². The molecule has 0 amide bonds. The van der Waals surface area contributed by atoms with E-state index < -0.39 is 0 Å². The first-order valence-electron chi connectivity index (χ1n) is 9.72. The molecule has 3 heterocycles. The number of anilines is 2. The molecule has 1 fully saturated rings. The minimum Gasteiger partial charge on any atom is -0.350 e. The van der Waals surface area contributed by atoms with Gasteiger partial charge in [-0.3, -0.25) is 4.79 Å². The third kappa shape index (κ3) is 4.61. The normalized spacial score (nSPS) is 16.8. The summed E-state index contributed by atoms with van der Waals surface area (Å²) in [6, 6.07) is 10.1. The highest BCUT2D eigenvalue weighted by atomic mass is 19.1. The van der Waals surface area contributed by atoms with Crippen LogP contribution in [0.2, 0.25) is 0 Å². The number of aromatic nitrogens is 4. The summed E-state index contributed by atoms with van der Waals surface area (Å²) in [7, 11) is 0. The molecule has 29 heavy (non-hydrogen) atoms. The Balaban J connectivity index is 1.52. The van der Waals surface area contributed by atoms with Crippen molar-refractivity contribution >= 4 is 11.8 Å². The van der Waals surface area contributed by atoms with E-state index in [9.17, 15) is 9.18 Å². The maximum absolute atomic E-state index is 13.5. The van der Waals surface area contributed by atoms with Crippen molar-refractivity contribution in [3.8, 4) is 0 Å². The number of piperidine rings is 1. The lowest BCUT2D eigenvalue weighted by molar-refractivity contribution is 0.417. The van der Waals surface area contributed by atoms with Gasteiger partial charge in [-0.2, -0.15) is 10.1 Å². The van der Waals surface area contributed by atoms with Gasteiger partial charge in [0.05, 0.1) is 6.54 Å². The molecule has 0 aliphatic carbocycles. The summed E-state index contributed by atoms with van der Waals surface area (Å²) in [5, 5.41) is 11.5. The second kappa shape index (κ2) is 8.42. The van der Waals surface area contributed by atoms with Gasteiger partial charge in [0.25, 0.3) is 5.56 Å². The molecule has 1 N–H and O–H groups in total. The van der Waals surface area contributed by atoms with Gasteiger partial charge in [0.15, 0.2) is 5.82 Å². The molecule has 1 atom stereocenters. The van der Waals surface area contributed by atoms with E-state index in [4.69, 9.17) is 4.52 Å². The molecule has 3 aromatic rings. The van der Waals surface area contributed by atoms with Crippen LogP contribution < -0.4 is 15.8 Å². The predicted molar refractivity (Wildman–Crippen MR) is 107 cm³/mol. The molecular formula is C20H23FN6O2. The Morgan fingerprint density at radius 1 is 1.28 bits per heavy atom. The summed E-state index contributed by atoms with van der Waals surface area (Å²) in [5.41, 5.74) is 0.478. The van der Waals surface area contributed by atoms with Crippen LogP contribution >= 0.6 is 0 Å². The largest absolute Gasteiger partial charge is 0.350 e. The zero-order valence-corrected chi connectivity index (χ0v) is 16.2. The first kappa shape index (κ1) is 19.1. The third-order valence-electron chi connectivity index (χ3n) is 5.01. The van der Waals surface area contributed by atoms with E-state index >= 15 is 0 Å². The number of halogens is 1. The average molecular weight is 398 g/mol. The van der Waals surface area contributed by atoms with Crippen molar-refractivity contribution in [3.05, 3.63) is 64.0 Å². The third-order valence-corrected chi connectivity index (χ3v) is 5.01. The smallest absolute Gasteiger partial charge is 0.321 e. The van der Waals surface area contributed by atoms with E-state index in [0.717, 1.165) is 31.6 Å². The Hall–Kier alpha value is -3.23. The van der Waals surface area contributed by atoms with Gasteiger partial charge >= 0.3 is 6.01 Å². The highest BCUT2D eigenvalue weighted by Gasteiger charge is 2.24. The molecule has 2 aromatic heterocycles. The van der Waals surface area contributed by atoms with Gasteiger partial charge in [-0.15, -0.1) is 0 Å². The molecular weight excluding hydrogens is 375 g/mol. The van der Waals surface area contributed by atoms with Crippen molar-refractivity contribution in [1.29, 1.82) is 0 Å². The summed E-state index contributed by atoms with van der Waals surface area (Å²) in [6.07, 6.45) is 3.17. The summed E-state index contributed by atoms with van der Waals surface area (Å²) < 4.78 is 20.0. The summed E-state index contributed by atoms with van der Waals surface area (Å²) in [4.78, 5) is 18.7. The lowest BCUT2D eigenvalue weighted by Crippen LogP contribution is -2.45. The lowest BCUT2D eigenvalue weighted by Gasteiger charge is -2.36. The fourth-order valence-electron chi connectivity index (χ4n) is 3.60. The van der Waals surface area contributed by atoms with Crippen LogP contribution in [0.15, 0.2) is 45.7 Å². The van der Waals surface area contributed by atoms with Crippen molar-refractivity contribution in [2.24, 2.45) is 0 Å². The molecule has 9 heteroatoms. The van der Waals surface area contributed by atoms with Crippen LogP contribution in [0.25, 0.3) is 0 Å². The number of nitrogens with zero attached hydrogens (tertiary/aromatic N) is 5. The van der Waals surface area contributed by atoms with Crippen molar-refractivity contribution in [3.63, 3.8) is 0 Å². The standard InChI is InChI=1S/C20H23FN6O2/c1-14-23-20(29-25-14)22-12-17-7-2-3-10-26(17)18-8-9-19(28)27(24-18)13-15-5-4-6-16(21)11-15/h4-6,8-9,11,17H,2-3,7,10,12-13H2,1H3,(H,22,23,25). The molecule has 1 saturated heterocycles. The molecule has 4 rings (SSSR count). The van der Waals surface area contributed by atoms with Crippen LogP contribution in [0.3, 0.4) is 0 Å². The van der Waals surface area contributed by atoms with Gasteiger partial charge in [-0.1, -0.05) is 17.3 Å². The van der Waals surface area contributed by atoms with Crippen LogP contribution in [0.5, 0.6) is 0 Å². The van der Waals surface area contributed by atoms with Crippen molar-refractivity contribution < 1.29 is 8.91 Å².